The molecule has 3 rings (SSSR count). The Bertz CT molecular complexity index is 576. The molecule has 0 aliphatic carbocycles. The zero-order valence-corrected chi connectivity index (χ0v) is 12.7. The van der Waals surface area contributed by atoms with Gasteiger partial charge in [-0.2, -0.15) is 0 Å². The standard InChI is InChI=1S/C14H12INOS/c15-12-3-1-10(2-4-12)14(17)16-7-5-13-11(9-16)6-8-18-13/h1-4,6,8H,5,7,9H2. The summed E-state index contributed by atoms with van der Waals surface area (Å²) in [6.45, 7) is 1.59. The van der Waals surface area contributed by atoms with Gasteiger partial charge in [0.25, 0.3) is 5.91 Å². The van der Waals surface area contributed by atoms with E-state index in [0.29, 0.717) is 0 Å². The number of fused-ring (bicyclic) bond motifs is 1. The van der Waals surface area contributed by atoms with Crippen LogP contribution in [0.1, 0.15) is 20.8 Å². The van der Waals surface area contributed by atoms with E-state index in [1.54, 1.807) is 11.3 Å². The second kappa shape index (κ2) is 5.01. The summed E-state index contributed by atoms with van der Waals surface area (Å²) in [6.07, 6.45) is 0.989. The molecule has 0 spiro atoms. The van der Waals surface area contributed by atoms with Crippen molar-refractivity contribution >= 4 is 39.8 Å². The molecule has 2 aromatic rings. The van der Waals surface area contributed by atoms with E-state index >= 15 is 0 Å². The Balaban J connectivity index is 1.80. The molecule has 0 atom stereocenters. The Morgan fingerprint density at radius 2 is 2.00 bits per heavy atom. The molecule has 18 heavy (non-hydrogen) atoms. The van der Waals surface area contributed by atoms with E-state index in [1.165, 1.54) is 10.4 Å². The third-order valence-corrected chi connectivity index (χ3v) is 4.93. The number of rotatable bonds is 1. The van der Waals surface area contributed by atoms with E-state index in [2.05, 4.69) is 34.0 Å². The van der Waals surface area contributed by atoms with Gasteiger partial charge in [-0.25, -0.2) is 0 Å². The second-order valence-electron chi connectivity index (χ2n) is 4.35. The van der Waals surface area contributed by atoms with Crippen LogP contribution in [-0.2, 0) is 13.0 Å². The average molecular weight is 369 g/mol. The molecule has 0 N–H and O–H groups in total. The molecule has 2 heterocycles. The number of thiophene rings is 1. The van der Waals surface area contributed by atoms with Gasteiger partial charge in [0.1, 0.15) is 0 Å². The Morgan fingerprint density at radius 3 is 2.78 bits per heavy atom. The highest BCUT2D eigenvalue weighted by atomic mass is 127. The van der Waals surface area contributed by atoms with Gasteiger partial charge in [0, 0.05) is 27.1 Å². The van der Waals surface area contributed by atoms with E-state index in [0.717, 1.165) is 28.6 Å². The highest BCUT2D eigenvalue weighted by Gasteiger charge is 2.22. The summed E-state index contributed by atoms with van der Waals surface area (Å²) in [5.74, 6) is 0.142. The minimum Gasteiger partial charge on any atom is -0.334 e. The van der Waals surface area contributed by atoms with Crippen molar-refractivity contribution in [2.45, 2.75) is 13.0 Å². The molecule has 1 aliphatic rings. The minimum atomic E-state index is 0.142. The first-order valence-corrected chi connectivity index (χ1v) is 7.80. The monoisotopic (exact) mass is 369 g/mol. The van der Waals surface area contributed by atoms with E-state index in [9.17, 15) is 4.79 Å². The molecular weight excluding hydrogens is 357 g/mol. The van der Waals surface area contributed by atoms with Gasteiger partial charge in [0.05, 0.1) is 0 Å². The molecule has 2 nitrogen and oxygen atoms in total. The van der Waals surface area contributed by atoms with Gasteiger partial charge >= 0.3 is 0 Å². The highest BCUT2D eigenvalue weighted by Crippen LogP contribution is 2.25. The Kier molecular flexibility index (Phi) is 3.39. The summed E-state index contributed by atoms with van der Waals surface area (Å²) in [5.41, 5.74) is 2.10. The van der Waals surface area contributed by atoms with Crippen LogP contribution in [0.3, 0.4) is 0 Å². The summed E-state index contributed by atoms with van der Waals surface area (Å²) >= 11 is 4.05. The molecule has 92 valence electrons. The largest absolute Gasteiger partial charge is 0.334 e. The van der Waals surface area contributed by atoms with Crippen molar-refractivity contribution in [3.63, 3.8) is 0 Å². The maximum Gasteiger partial charge on any atom is 0.254 e. The predicted molar refractivity (Wildman–Crippen MR) is 81.9 cm³/mol. The van der Waals surface area contributed by atoms with Gasteiger partial charge in [0.2, 0.25) is 0 Å². The van der Waals surface area contributed by atoms with Gasteiger partial charge in [-0.3, -0.25) is 4.79 Å². The molecule has 0 radical (unpaired) electrons. The molecule has 4 heteroatoms. The zero-order chi connectivity index (χ0) is 12.5. The first-order chi connectivity index (χ1) is 8.74. The predicted octanol–water partition coefficient (Wildman–Crippen LogP) is 3.55. The summed E-state index contributed by atoms with van der Waals surface area (Å²) in [7, 11) is 0. The van der Waals surface area contributed by atoms with Crippen LogP contribution >= 0.6 is 33.9 Å². The van der Waals surface area contributed by atoms with Crippen molar-refractivity contribution in [2.24, 2.45) is 0 Å². The SMILES string of the molecule is O=C(c1ccc(I)cc1)N1CCc2sccc2C1. The lowest BCUT2D eigenvalue weighted by atomic mass is 10.1. The molecule has 0 unspecified atom stereocenters. The smallest absolute Gasteiger partial charge is 0.254 e. The highest BCUT2D eigenvalue weighted by molar-refractivity contribution is 14.1. The number of hydrogen-bond acceptors (Lipinski definition) is 2. The maximum absolute atomic E-state index is 12.4. The lowest BCUT2D eigenvalue weighted by molar-refractivity contribution is 0.0736. The minimum absolute atomic E-state index is 0.142. The van der Waals surface area contributed by atoms with Crippen LogP contribution in [-0.4, -0.2) is 17.4 Å². The summed E-state index contributed by atoms with van der Waals surface area (Å²) < 4.78 is 1.16. The molecule has 1 amide bonds. The number of carbonyl (C=O) groups is 1. The van der Waals surface area contributed by atoms with Crippen molar-refractivity contribution in [1.29, 1.82) is 0 Å². The Hall–Kier alpha value is -0.880. The molecule has 1 aliphatic heterocycles. The Morgan fingerprint density at radius 1 is 1.22 bits per heavy atom. The summed E-state index contributed by atoms with van der Waals surface area (Å²) in [6, 6.07) is 9.91. The van der Waals surface area contributed by atoms with Crippen molar-refractivity contribution in [1.82, 2.24) is 4.90 Å². The van der Waals surface area contributed by atoms with Crippen LogP contribution in [0.4, 0.5) is 0 Å². The van der Waals surface area contributed by atoms with Crippen molar-refractivity contribution in [3.05, 3.63) is 55.3 Å². The van der Waals surface area contributed by atoms with Crippen molar-refractivity contribution in [2.75, 3.05) is 6.54 Å². The van der Waals surface area contributed by atoms with Crippen LogP contribution < -0.4 is 0 Å². The van der Waals surface area contributed by atoms with Crippen molar-refractivity contribution in [3.8, 4) is 0 Å². The quantitative estimate of drug-likeness (QED) is 0.704. The molecule has 1 aromatic heterocycles. The lowest BCUT2D eigenvalue weighted by Gasteiger charge is -2.27. The second-order valence-corrected chi connectivity index (χ2v) is 6.60. The van der Waals surface area contributed by atoms with E-state index in [1.807, 2.05) is 29.2 Å². The third-order valence-electron chi connectivity index (χ3n) is 3.19. The van der Waals surface area contributed by atoms with Crippen LogP contribution in [0.5, 0.6) is 0 Å². The Labute approximate surface area is 124 Å². The van der Waals surface area contributed by atoms with Gasteiger partial charge < -0.3 is 4.90 Å². The fourth-order valence-corrected chi connectivity index (χ4v) is 3.45. The van der Waals surface area contributed by atoms with Crippen LogP contribution in [0.2, 0.25) is 0 Å². The zero-order valence-electron chi connectivity index (χ0n) is 9.73. The van der Waals surface area contributed by atoms with E-state index in [4.69, 9.17) is 0 Å². The van der Waals surface area contributed by atoms with Crippen LogP contribution in [0.15, 0.2) is 35.7 Å². The molecular formula is C14H12INOS. The van der Waals surface area contributed by atoms with Gasteiger partial charge in [-0.15, -0.1) is 11.3 Å². The van der Waals surface area contributed by atoms with Crippen LogP contribution in [0.25, 0.3) is 0 Å². The van der Waals surface area contributed by atoms with Gasteiger partial charge in [-0.1, -0.05) is 0 Å². The van der Waals surface area contributed by atoms with Crippen molar-refractivity contribution < 1.29 is 4.79 Å². The fraction of sp³-hybridized carbons (Fsp3) is 0.214. The first kappa shape index (κ1) is 12.2. The normalized spacial score (nSPS) is 14.4. The van der Waals surface area contributed by atoms with E-state index in [-0.39, 0.29) is 5.91 Å². The number of hydrogen-bond donors (Lipinski definition) is 0. The third kappa shape index (κ3) is 2.31. The summed E-state index contributed by atoms with van der Waals surface area (Å²) in [4.78, 5) is 15.7. The van der Waals surface area contributed by atoms with Gasteiger partial charge in [-0.05, 0) is 70.3 Å². The molecule has 0 fully saturated rings. The molecule has 0 saturated carbocycles. The average Bonchev–Trinajstić information content (AvgIpc) is 2.86. The molecule has 0 bridgehead atoms. The summed E-state index contributed by atoms with van der Waals surface area (Å²) in [5, 5.41) is 2.11. The number of carbonyl (C=O) groups excluding carboxylic acids is 1. The number of benzene rings is 1. The number of amides is 1. The van der Waals surface area contributed by atoms with E-state index < -0.39 is 0 Å². The topological polar surface area (TPSA) is 20.3 Å². The van der Waals surface area contributed by atoms with Crippen LogP contribution in [0, 0.1) is 3.57 Å². The maximum atomic E-state index is 12.4. The molecule has 1 aromatic carbocycles. The lowest BCUT2D eigenvalue weighted by Crippen LogP contribution is -2.35. The molecule has 0 saturated heterocycles. The first-order valence-electron chi connectivity index (χ1n) is 5.84. The van der Waals surface area contributed by atoms with Gasteiger partial charge in [0.15, 0.2) is 0 Å². The number of halogens is 1. The fourth-order valence-electron chi connectivity index (χ4n) is 2.20. The number of nitrogens with zero attached hydrogens (tertiary/aromatic N) is 1.